The van der Waals surface area contributed by atoms with E-state index in [1.807, 2.05) is 6.07 Å². The molecule has 0 radical (unpaired) electrons. The fourth-order valence-corrected chi connectivity index (χ4v) is 4.80. The summed E-state index contributed by atoms with van der Waals surface area (Å²) < 4.78 is 6.18. The molecule has 0 amide bonds. The van der Waals surface area contributed by atoms with Crippen LogP contribution in [0.2, 0.25) is 10.0 Å². The second kappa shape index (κ2) is 6.49. The highest BCUT2D eigenvalue weighted by Gasteiger charge is 2.67. The van der Waals surface area contributed by atoms with Gasteiger partial charge < -0.3 is 10.1 Å². The topological polar surface area (TPSA) is 21.3 Å². The first-order valence-electron chi connectivity index (χ1n) is 7.99. The van der Waals surface area contributed by atoms with E-state index in [1.165, 1.54) is 31.2 Å². The van der Waals surface area contributed by atoms with Crippen LogP contribution in [0, 0.1) is 11.8 Å². The van der Waals surface area contributed by atoms with Crippen LogP contribution < -0.4 is 5.32 Å². The van der Waals surface area contributed by atoms with E-state index in [-0.39, 0.29) is 17.8 Å². The van der Waals surface area contributed by atoms with Crippen molar-refractivity contribution < 1.29 is 4.74 Å². The van der Waals surface area contributed by atoms with Crippen LogP contribution in [0.5, 0.6) is 0 Å². The van der Waals surface area contributed by atoms with Crippen LogP contribution in [0.3, 0.4) is 0 Å². The molecule has 0 spiro atoms. The maximum atomic E-state index is 6.22. The monoisotopic (exact) mass is 361 g/mol. The van der Waals surface area contributed by atoms with Gasteiger partial charge in [0.2, 0.25) is 0 Å². The van der Waals surface area contributed by atoms with Crippen molar-refractivity contribution in [3.8, 4) is 0 Å². The lowest BCUT2D eigenvalue weighted by molar-refractivity contribution is 0.0445. The lowest BCUT2D eigenvalue weighted by Crippen LogP contribution is -2.26. The molecule has 22 heavy (non-hydrogen) atoms. The van der Waals surface area contributed by atoms with Crippen molar-refractivity contribution in [3.05, 3.63) is 33.8 Å². The molecule has 3 fully saturated rings. The van der Waals surface area contributed by atoms with Gasteiger partial charge in [0.1, 0.15) is 0 Å². The Bertz CT molecular complexity index is 547. The van der Waals surface area contributed by atoms with Gasteiger partial charge in [-0.3, -0.25) is 0 Å². The van der Waals surface area contributed by atoms with Gasteiger partial charge in [-0.2, -0.15) is 0 Å². The molecule has 4 rings (SSSR count). The van der Waals surface area contributed by atoms with E-state index in [0.717, 1.165) is 19.7 Å². The number of fused-ring (bicyclic) bond motifs is 1. The van der Waals surface area contributed by atoms with Gasteiger partial charge in [-0.1, -0.05) is 42.1 Å². The highest BCUT2D eigenvalue weighted by atomic mass is 35.5. The molecule has 2 aliphatic carbocycles. The van der Waals surface area contributed by atoms with Crippen molar-refractivity contribution >= 4 is 35.6 Å². The molecule has 1 unspecified atom stereocenters. The van der Waals surface area contributed by atoms with Gasteiger partial charge in [0.25, 0.3) is 0 Å². The first-order chi connectivity index (χ1) is 10.2. The second-order valence-corrected chi connectivity index (χ2v) is 7.57. The minimum atomic E-state index is 0. The predicted octanol–water partition coefficient (Wildman–Crippen LogP) is 4.46. The van der Waals surface area contributed by atoms with Gasteiger partial charge in [-0.05, 0) is 48.9 Å². The highest BCUT2D eigenvalue weighted by molar-refractivity contribution is 6.42. The molecule has 1 aliphatic heterocycles. The molecule has 0 aromatic heterocycles. The summed E-state index contributed by atoms with van der Waals surface area (Å²) >= 11 is 12.3. The predicted molar refractivity (Wildman–Crippen MR) is 93.4 cm³/mol. The number of benzene rings is 1. The molecule has 1 saturated heterocycles. The van der Waals surface area contributed by atoms with Crippen molar-refractivity contribution in [2.75, 3.05) is 19.7 Å². The summed E-state index contributed by atoms with van der Waals surface area (Å²) in [6.45, 7) is 3.03. The van der Waals surface area contributed by atoms with Crippen LogP contribution in [-0.4, -0.2) is 25.8 Å². The quantitative estimate of drug-likeness (QED) is 0.853. The van der Waals surface area contributed by atoms with Crippen molar-refractivity contribution in [1.29, 1.82) is 0 Å². The number of rotatable bonds is 4. The van der Waals surface area contributed by atoms with Crippen molar-refractivity contribution in [1.82, 2.24) is 5.32 Å². The van der Waals surface area contributed by atoms with Gasteiger partial charge in [0.05, 0.1) is 22.8 Å². The summed E-state index contributed by atoms with van der Waals surface area (Å²) in [5, 5.41) is 4.82. The number of hydrogen-bond acceptors (Lipinski definition) is 2. The Morgan fingerprint density at radius 2 is 1.95 bits per heavy atom. The number of nitrogens with one attached hydrogen (secondary N) is 1. The molecule has 5 heteroatoms. The summed E-state index contributed by atoms with van der Waals surface area (Å²) in [4.78, 5) is 0. The summed E-state index contributed by atoms with van der Waals surface area (Å²) in [6.07, 6.45) is 5.66. The first-order valence-corrected chi connectivity index (χ1v) is 8.75. The summed E-state index contributed by atoms with van der Waals surface area (Å²) in [7, 11) is 0. The molecule has 1 aromatic rings. The largest absolute Gasteiger partial charge is 0.378 e. The lowest BCUT2D eigenvalue weighted by Gasteiger charge is -2.18. The third-order valence-electron chi connectivity index (χ3n) is 5.75. The average molecular weight is 363 g/mol. The molecule has 2 saturated carbocycles. The van der Waals surface area contributed by atoms with Crippen molar-refractivity contribution in [2.45, 2.75) is 37.2 Å². The molecule has 3 atom stereocenters. The Kier molecular flexibility index (Phi) is 4.97. The molecule has 122 valence electrons. The van der Waals surface area contributed by atoms with Crippen molar-refractivity contribution in [2.24, 2.45) is 11.8 Å². The molecule has 3 aliphatic rings. The number of ether oxygens (including phenoxy) is 1. The van der Waals surface area contributed by atoms with E-state index in [9.17, 15) is 0 Å². The molecule has 1 aromatic carbocycles. The zero-order valence-corrected chi connectivity index (χ0v) is 14.8. The summed E-state index contributed by atoms with van der Waals surface area (Å²) in [5.41, 5.74) is 1.55. The van der Waals surface area contributed by atoms with Crippen LogP contribution >= 0.6 is 35.6 Å². The Morgan fingerprint density at radius 1 is 1.18 bits per heavy atom. The van der Waals surface area contributed by atoms with Gasteiger partial charge in [-0.25, -0.2) is 0 Å². The van der Waals surface area contributed by atoms with E-state index >= 15 is 0 Å². The van der Waals surface area contributed by atoms with Crippen LogP contribution in [0.15, 0.2) is 18.2 Å². The second-order valence-electron chi connectivity index (χ2n) is 6.75. The smallest absolute Gasteiger partial charge is 0.0595 e. The third-order valence-corrected chi connectivity index (χ3v) is 6.49. The van der Waals surface area contributed by atoms with Gasteiger partial charge in [0.15, 0.2) is 0 Å². The molecular formula is C17H22Cl3NO. The zero-order chi connectivity index (χ0) is 14.4. The van der Waals surface area contributed by atoms with Gasteiger partial charge in [-0.15, -0.1) is 12.4 Å². The Balaban J connectivity index is 0.00000144. The minimum Gasteiger partial charge on any atom is -0.378 e. The van der Waals surface area contributed by atoms with Crippen LogP contribution in [-0.2, 0) is 10.2 Å². The lowest BCUT2D eigenvalue weighted by atomic mass is 9.93. The van der Waals surface area contributed by atoms with E-state index in [4.69, 9.17) is 27.9 Å². The fourth-order valence-electron chi connectivity index (χ4n) is 4.50. The third kappa shape index (κ3) is 2.67. The van der Waals surface area contributed by atoms with Crippen molar-refractivity contribution in [3.63, 3.8) is 0 Å². The Labute approximate surface area is 148 Å². The van der Waals surface area contributed by atoms with Crippen LogP contribution in [0.4, 0.5) is 0 Å². The fraction of sp³-hybridized carbons (Fsp3) is 0.647. The van der Waals surface area contributed by atoms with E-state index in [2.05, 4.69) is 17.4 Å². The van der Waals surface area contributed by atoms with E-state index < -0.39 is 0 Å². The average Bonchev–Trinajstić information content (AvgIpc) is 2.93. The standard InChI is InChI=1S/C17H21Cl2NO.ClH/c18-15-6-5-11(7-16(15)19)17-10-20-8-13(17)14(17)9-21-12-3-1-2-4-12;/h5-7,12-14,20H,1-4,8-10H2;1H/t13-,14-,17?;/m0./s1. The molecule has 1 heterocycles. The maximum Gasteiger partial charge on any atom is 0.0595 e. The van der Waals surface area contributed by atoms with E-state index in [0.29, 0.717) is 28.0 Å². The van der Waals surface area contributed by atoms with Crippen LogP contribution in [0.25, 0.3) is 0 Å². The van der Waals surface area contributed by atoms with Gasteiger partial charge in [0, 0.05) is 12.0 Å². The van der Waals surface area contributed by atoms with Gasteiger partial charge >= 0.3 is 0 Å². The molecular weight excluding hydrogens is 341 g/mol. The first kappa shape index (κ1) is 16.9. The molecule has 1 N–H and O–H groups in total. The minimum absolute atomic E-state index is 0. The SMILES string of the molecule is Cl.Clc1ccc(C23CNC[C@H]2[C@@H]3COC2CCCC2)cc1Cl. The highest BCUT2D eigenvalue weighted by Crippen LogP contribution is 2.62. The Morgan fingerprint density at radius 3 is 2.68 bits per heavy atom. The maximum absolute atomic E-state index is 6.22. The number of piperidine rings is 1. The molecule has 0 bridgehead atoms. The normalized spacial score (nSPS) is 33.5. The Hall–Kier alpha value is 0.01000. The number of halogens is 3. The summed E-state index contributed by atoms with van der Waals surface area (Å²) in [6, 6.07) is 6.12. The van der Waals surface area contributed by atoms with E-state index in [1.54, 1.807) is 0 Å². The number of hydrogen-bond donors (Lipinski definition) is 1. The summed E-state index contributed by atoms with van der Waals surface area (Å²) in [5.74, 6) is 1.33. The van der Waals surface area contributed by atoms with Crippen LogP contribution in [0.1, 0.15) is 31.2 Å². The zero-order valence-electron chi connectivity index (χ0n) is 12.5. The molecule has 2 nitrogen and oxygen atoms in total.